The van der Waals surface area contributed by atoms with Gasteiger partial charge in [0.15, 0.2) is 0 Å². The SMILES string of the molecule is O=C(Nc1ccc(Cl)c(C(F)(F)F)c1)C(c1ccccc1)N1CCN(c2ccc([N+](=O)[O-])cc2)CC1. The van der Waals surface area contributed by atoms with Gasteiger partial charge < -0.3 is 10.2 Å². The fourth-order valence-electron chi connectivity index (χ4n) is 4.22. The number of non-ortho nitro benzene ring substituents is 1. The quantitative estimate of drug-likeness (QED) is 0.331. The van der Waals surface area contributed by atoms with Crippen LogP contribution in [0.1, 0.15) is 17.2 Å². The minimum Gasteiger partial charge on any atom is -0.369 e. The third-order valence-electron chi connectivity index (χ3n) is 6.01. The van der Waals surface area contributed by atoms with E-state index in [2.05, 4.69) is 10.2 Å². The molecule has 0 aromatic heterocycles. The molecule has 1 heterocycles. The number of anilines is 2. The highest BCUT2D eigenvalue weighted by atomic mass is 35.5. The van der Waals surface area contributed by atoms with E-state index in [9.17, 15) is 28.1 Å². The van der Waals surface area contributed by atoms with Gasteiger partial charge in [-0.1, -0.05) is 41.9 Å². The zero-order valence-electron chi connectivity index (χ0n) is 18.9. The van der Waals surface area contributed by atoms with Gasteiger partial charge in [0.2, 0.25) is 5.91 Å². The van der Waals surface area contributed by atoms with Crippen LogP contribution in [-0.2, 0) is 11.0 Å². The van der Waals surface area contributed by atoms with Gasteiger partial charge in [-0.3, -0.25) is 19.8 Å². The fourth-order valence-corrected chi connectivity index (χ4v) is 4.44. The van der Waals surface area contributed by atoms with Crippen molar-refractivity contribution < 1.29 is 22.9 Å². The molecule has 188 valence electrons. The third-order valence-corrected chi connectivity index (χ3v) is 6.34. The number of hydrogen-bond acceptors (Lipinski definition) is 5. The summed E-state index contributed by atoms with van der Waals surface area (Å²) in [6, 6.07) is 17.8. The summed E-state index contributed by atoms with van der Waals surface area (Å²) in [5.74, 6) is -0.458. The topological polar surface area (TPSA) is 78.7 Å². The predicted octanol–water partition coefficient (Wildman–Crippen LogP) is 5.77. The lowest BCUT2D eigenvalue weighted by atomic mass is 10.0. The van der Waals surface area contributed by atoms with E-state index in [1.165, 1.54) is 18.2 Å². The predicted molar refractivity (Wildman–Crippen MR) is 131 cm³/mol. The van der Waals surface area contributed by atoms with Gasteiger partial charge in [-0.2, -0.15) is 13.2 Å². The molecule has 0 bridgehead atoms. The molecular formula is C25H22ClF3N4O3. The molecule has 36 heavy (non-hydrogen) atoms. The Labute approximate surface area is 210 Å². The van der Waals surface area contributed by atoms with Crippen molar-refractivity contribution in [2.75, 3.05) is 36.4 Å². The first kappa shape index (κ1) is 25.5. The number of rotatable bonds is 6. The first-order valence-corrected chi connectivity index (χ1v) is 11.5. The molecule has 0 aliphatic carbocycles. The minimum atomic E-state index is -4.65. The van der Waals surface area contributed by atoms with Crippen molar-refractivity contribution in [2.24, 2.45) is 0 Å². The average molecular weight is 519 g/mol. The molecule has 1 saturated heterocycles. The number of halogens is 4. The Kier molecular flexibility index (Phi) is 7.46. The number of carbonyl (C=O) groups is 1. The second kappa shape index (κ2) is 10.5. The molecule has 1 amide bonds. The maximum absolute atomic E-state index is 13.4. The summed E-state index contributed by atoms with van der Waals surface area (Å²) in [6.07, 6.45) is -4.65. The van der Waals surface area contributed by atoms with Crippen molar-refractivity contribution >= 4 is 34.6 Å². The van der Waals surface area contributed by atoms with Gasteiger partial charge in [0.1, 0.15) is 6.04 Å². The molecule has 0 saturated carbocycles. The Balaban J connectivity index is 1.52. The van der Waals surface area contributed by atoms with Gasteiger partial charge in [-0.15, -0.1) is 0 Å². The summed E-state index contributed by atoms with van der Waals surface area (Å²) in [4.78, 5) is 27.8. The summed E-state index contributed by atoms with van der Waals surface area (Å²) in [5.41, 5.74) is 0.539. The first-order chi connectivity index (χ1) is 17.1. The van der Waals surface area contributed by atoms with Crippen molar-refractivity contribution in [3.63, 3.8) is 0 Å². The van der Waals surface area contributed by atoms with Crippen LogP contribution in [0.4, 0.5) is 30.2 Å². The van der Waals surface area contributed by atoms with Crippen molar-refractivity contribution in [3.05, 3.63) is 99.1 Å². The van der Waals surface area contributed by atoms with Crippen LogP contribution in [0.2, 0.25) is 5.02 Å². The van der Waals surface area contributed by atoms with Gasteiger partial charge in [0.25, 0.3) is 5.69 Å². The van der Waals surface area contributed by atoms with Crippen LogP contribution in [0.15, 0.2) is 72.8 Å². The van der Waals surface area contributed by atoms with E-state index >= 15 is 0 Å². The smallest absolute Gasteiger partial charge is 0.369 e. The average Bonchev–Trinajstić information content (AvgIpc) is 2.86. The highest BCUT2D eigenvalue weighted by Crippen LogP contribution is 2.36. The molecular weight excluding hydrogens is 497 g/mol. The molecule has 3 aromatic carbocycles. The van der Waals surface area contributed by atoms with Gasteiger partial charge in [-0.25, -0.2) is 0 Å². The summed E-state index contributed by atoms with van der Waals surface area (Å²) < 4.78 is 39.8. The standard InChI is InChI=1S/C25H22ClF3N4O3/c26-22-11-6-18(16-21(22)25(27,28)29)30-24(34)23(17-4-2-1-3-5-17)32-14-12-31(13-15-32)19-7-9-20(10-8-19)33(35)36/h1-11,16,23H,12-15H2,(H,30,34). The Morgan fingerprint density at radius 3 is 2.19 bits per heavy atom. The van der Waals surface area contributed by atoms with Gasteiger partial charge >= 0.3 is 6.18 Å². The van der Waals surface area contributed by atoms with E-state index in [0.717, 1.165) is 17.8 Å². The third kappa shape index (κ3) is 5.77. The van der Waals surface area contributed by atoms with Crippen LogP contribution in [0.5, 0.6) is 0 Å². The maximum atomic E-state index is 13.4. The van der Waals surface area contributed by atoms with Crippen LogP contribution < -0.4 is 10.2 Å². The Hall–Kier alpha value is -3.63. The molecule has 1 fully saturated rings. The molecule has 0 radical (unpaired) electrons. The van der Waals surface area contributed by atoms with E-state index in [4.69, 9.17) is 11.6 Å². The number of nitro benzene ring substituents is 1. The molecule has 1 aliphatic heterocycles. The molecule has 1 aliphatic rings. The summed E-state index contributed by atoms with van der Waals surface area (Å²) in [5, 5.41) is 13.1. The molecule has 1 unspecified atom stereocenters. The fraction of sp³-hybridized carbons (Fsp3) is 0.240. The number of amides is 1. The zero-order chi connectivity index (χ0) is 25.9. The molecule has 4 rings (SSSR count). The van der Waals surface area contributed by atoms with Gasteiger partial charge in [-0.05, 0) is 35.9 Å². The summed E-state index contributed by atoms with van der Waals surface area (Å²) >= 11 is 5.71. The number of hydrogen-bond donors (Lipinski definition) is 1. The van der Waals surface area contributed by atoms with E-state index in [0.29, 0.717) is 31.7 Å². The molecule has 3 aromatic rings. The molecule has 1 N–H and O–H groups in total. The summed E-state index contributed by atoms with van der Waals surface area (Å²) in [6.45, 7) is 2.12. The van der Waals surface area contributed by atoms with Crippen molar-refractivity contribution in [1.82, 2.24) is 4.90 Å². The van der Waals surface area contributed by atoms with E-state index in [-0.39, 0.29) is 11.4 Å². The number of benzene rings is 3. The van der Waals surface area contributed by atoms with Gasteiger partial charge in [0.05, 0.1) is 15.5 Å². The Morgan fingerprint density at radius 1 is 0.972 bits per heavy atom. The second-order valence-electron chi connectivity index (χ2n) is 8.29. The number of alkyl halides is 3. The highest BCUT2D eigenvalue weighted by molar-refractivity contribution is 6.31. The van der Waals surface area contributed by atoms with Crippen molar-refractivity contribution in [3.8, 4) is 0 Å². The molecule has 1 atom stereocenters. The first-order valence-electron chi connectivity index (χ1n) is 11.1. The second-order valence-corrected chi connectivity index (χ2v) is 8.70. The van der Waals surface area contributed by atoms with Gasteiger partial charge in [0, 0.05) is 49.7 Å². The molecule has 7 nitrogen and oxygen atoms in total. The van der Waals surface area contributed by atoms with Crippen LogP contribution in [0, 0.1) is 10.1 Å². The van der Waals surface area contributed by atoms with E-state index < -0.39 is 33.6 Å². The minimum absolute atomic E-state index is 0.00201. The Morgan fingerprint density at radius 2 is 1.61 bits per heavy atom. The number of nitrogens with zero attached hydrogens (tertiary/aromatic N) is 3. The van der Waals surface area contributed by atoms with Crippen LogP contribution in [0.25, 0.3) is 0 Å². The van der Waals surface area contributed by atoms with Crippen molar-refractivity contribution in [2.45, 2.75) is 12.2 Å². The highest BCUT2D eigenvalue weighted by Gasteiger charge is 2.34. The zero-order valence-corrected chi connectivity index (χ0v) is 19.7. The normalized spacial score (nSPS) is 15.4. The molecule has 0 spiro atoms. The summed E-state index contributed by atoms with van der Waals surface area (Å²) in [7, 11) is 0. The van der Waals surface area contributed by atoms with Crippen LogP contribution in [-0.4, -0.2) is 41.9 Å². The number of nitrogens with one attached hydrogen (secondary N) is 1. The van der Waals surface area contributed by atoms with Crippen LogP contribution in [0.3, 0.4) is 0 Å². The van der Waals surface area contributed by atoms with E-state index in [1.54, 1.807) is 36.4 Å². The lowest BCUT2D eigenvalue weighted by Gasteiger charge is -2.39. The monoisotopic (exact) mass is 518 g/mol. The van der Waals surface area contributed by atoms with Crippen LogP contribution >= 0.6 is 11.6 Å². The van der Waals surface area contributed by atoms with Crippen molar-refractivity contribution in [1.29, 1.82) is 0 Å². The largest absolute Gasteiger partial charge is 0.417 e. The van der Waals surface area contributed by atoms with E-state index in [1.807, 2.05) is 11.0 Å². The lowest BCUT2D eigenvalue weighted by Crippen LogP contribution is -2.50. The lowest BCUT2D eigenvalue weighted by molar-refractivity contribution is -0.384. The maximum Gasteiger partial charge on any atom is 0.417 e. The Bertz CT molecular complexity index is 1230. The number of nitro groups is 1. The number of piperazine rings is 1. The molecule has 11 heteroatoms. The number of carbonyl (C=O) groups excluding carboxylic acids is 1.